The van der Waals surface area contributed by atoms with Crippen LogP contribution in [-0.4, -0.2) is 35.0 Å². The highest BCUT2D eigenvalue weighted by molar-refractivity contribution is 6.32. The van der Waals surface area contributed by atoms with Crippen LogP contribution in [0, 0.1) is 5.92 Å². The van der Waals surface area contributed by atoms with Crippen LogP contribution in [0.3, 0.4) is 0 Å². The van der Waals surface area contributed by atoms with Gasteiger partial charge in [-0.3, -0.25) is 9.69 Å². The molecule has 3 N–H and O–H groups in total. The largest absolute Gasteiger partial charge is 0.478 e. The van der Waals surface area contributed by atoms with Crippen LogP contribution in [0.2, 0.25) is 0 Å². The molecule has 0 atom stereocenters. The first kappa shape index (κ1) is 21.1. The van der Waals surface area contributed by atoms with Gasteiger partial charge in [-0.05, 0) is 67.7 Å². The van der Waals surface area contributed by atoms with Gasteiger partial charge in [0.15, 0.2) is 0 Å². The third-order valence-electron chi connectivity index (χ3n) is 5.95. The molecule has 2 aliphatic rings. The van der Waals surface area contributed by atoms with Crippen LogP contribution >= 0.6 is 0 Å². The molecule has 1 fully saturated rings. The quantitative estimate of drug-likeness (QED) is 0.586. The van der Waals surface area contributed by atoms with Crippen LogP contribution in [0.1, 0.15) is 54.6 Å². The molecule has 2 aliphatic heterocycles. The lowest BCUT2D eigenvalue weighted by Crippen LogP contribution is -2.29. The Morgan fingerprint density at radius 2 is 1.81 bits per heavy atom. The highest BCUT2D eigenvalue weighted by Gasteiger charge is 2.29. The first-order chi connectivity index (χ1) is 14.9. The number of nitrogens with zero attached hydrogens (tertiary/aromatic N) is 1. The molecule has 0 bridgehead atoms. The topological polar surface area (TPSA) is 81.7 Å². The Bertz CT molecular complexity index is 1020. The predicted octanol–water partition coefficient (Wildman–Crippen LogP) is 4.80. The summed E-state index contributed by atoms with van der Waals surface area (Å²) in [6, 6.07) is 13.1. The molecule has 0 saturated carbocycles. The number of aromatic carboxylic acids is 1. The van der Waals surface area contributed by atoms with Crippen LogP contribution in [0.25, 0.3) is 5.57 Å². The SMILES string of the molecule is CC(C)C(Nc1ccc(CN2CCCCC2)cc1)=C1C(=O)Nc2ccc(C(=O)O)cc21. The van der Waals surface area contributed by atoms with E-state index in [2.05, 4.69) is 27.7 Å². The van der Waals surface area contributed by atoms with Crippen molar-refractivity contribution in [1.29, 1.82) is 0 Å². The molecule has 0 aliphatic carbocycles. The Labute approximate surface area is 183 Å². The highest BCUT2D eigenvalue weighted by Crippen LogP contribution is 2.37. The molecule has 6 heteroatoms. The summed E-state index contributed by atoms with van der Waals surface area (Å²) in [5.74, 6) is -1.17. The van der Waals surface area contributed by atoms with E-state index in [1.807, 2.05) is 26.0 Å². The second-order valence-corrected chi connectivity index (χ2v) is 8.62. The number of anilines is 2. The van der Waals surface area contributed by atoms with Gasteiger partial charge in [-0.2, -0.15) is 0 Å². The van der Waals surface area contributed by atoms with Crippen molar-refractivity contribution in [2.45, 2.75) is 39.7 Å². The van der Waals surface area contributed by atoms with Gasteiger partial charge in [-0.1, -0.05) is 32.4 Å². The monoisotopic (exact) mass is 419 g/mol. The fraction of sp³-hybridized carbons (Fsp3) is 0.360. The number of hydrogen-bond acceptors (Lipinski definition) is 4. The molecule has 6 nitrogen and oxygen atoms in total. The molecule has 1 saturated heterocycles. The number of piperidine rings is 1. The zero-order valence-corrected chi connectivity index (χ0v) is 18.1. The Kier molecular flexibility index (Phi) is 6.09. The van der Waals surface area contributed by atoms with Gasteiger partial charge in [0, 0.05) is 29.2 Å². The van der Waals surface area contributed by atoms with Crippen LogP contribution in [0.4, 0.5) is 11.4 Å². The average Bonchev–Trinajstić information content (AvgIpc) is 3.08. The first-order valence-corrected chi connectivity index (χ1v) is 10.9. The fourth-order valence-corrected chi connectivity index (χ4v) is 4.29. The second-order valence-electron chi connectivity index (χ2n) is 8.62. The smallest absolute Gasteiger partial charge is 0.335 e. The summed E-state index contributed by atoms with van der Waals surface area (Å²) in [6.45, 7) is 7.33. The summed E-state index contributed by atoms with van der Waals surface area (Å²) in [6.07, 6.45) is 3.88. The lowest BCUT2D eigenvalue weighted by atomic mass is 9.97. The number of amides is 1. The number of rotatable bonds is 6. The summed E-state index contributed by atoms with van der Waals surface area (Å²) in [5, 5.41) is 15.6. The number of benzene rings is 2. The minimum atomic E-state index is -1.01. The van der Waals surface area contributed by atoms with Crippen LogP contribution in [0.5, 0.6) is 0 Å². The molecular weight excluding hydrogens is 390 g/mol. The summed E-state index contributed by atoms with van der Waals surface area (Å²) in [7, 11) is 0. The maximum atomic E-state index is 12.8. The number of nitrogens with one attached hydrogen (secondary N) is 2. The molecule has 4 rings (SSSR count). The third kappa shape index (κ3) is 4.64. The number of hydrogen-bond donors (Lipinski definition) is 3. The number of allylic oxidation sites excluding steroid dienone is 1. The van der Waals surface area contributed by atoms with E-state index in [9.17, 15) is 14.7 Å². The van der Waals surface area contributed by atoms with Gasteiger partial charge in [-0.15, -0.1) is 0 Å². The van der Waals surface area contributed by atoms with Crippen molar-refractivity contribution in [3.8, 4) is 0 Å². The van der Waals surface area contributed by atoms with Crippen molar-refractivity contribution in [1.82, 2.24) is 4.90 Å². The van der Waals surface area contributed by atoms with Crippen LogP contribution in [0.15, 0.2) is 48.2 Å². The second kappa shape index (κ2) is 8.94. The first-order valence-electron chi connectivity index (χ1n) is 10.9. The Balaban J connectivity index is 1.60. The van der Waals surface area contributed by atoms with Gasteiger partial charge in [0.1, 0.15) is 0 Å². The summed E-state index contributed by atoms with van der Waals surface area (Å²) >= 11 is 0. The molecule has 162 valence electrons. The number of likely N-dealkylation sites (tertiary alicyclic amines) is 1. The van der Waals surface area contributed by atoms with Crippen molar-refractivity contribution in [3.05, 3.63) is 64.9 Å². The summed E-state index contributed by atoms with van der Waals surface area (Å²) in [4.78, 5) is 26.7. The molecule has 1 amide bonds. The van der Waals surface area contributed by atoms with Gasteiger partial charge >= 0.3 is 5.97 Å². The molecular formula is C25H29N3O3. The average molecular weight is 420 g/mol. The molecule has 0 radical (unpaired) electrons. The zero-order valence-electron chi connectivity index (χ0n) is 18.1. The van der Waals surface area contributed by atoms with Gasteiger partial charge < -0.3 is 15.7 Å². The van der Waals surface area contributed by atoms with Crippen molar-refractivity contribution in [2.24, 2.45) is 5.92 Å². The summed E-state index contributed by atoms with van der Waals surface area (Å²) < 4.78 is 0. The molecule has 2 heterocycles. The Morgan fingerprint density at radius 1 is 1.10 bits per heavy atom. The third-order valence-corrected chi connectivity index (χ3v) is 5.95. The number of carboxylic acids is 1. The van der Waals surface area contributed by atoms with Gasteiger partial charge in [0.25, 0.3) is 5.91 Å². The van der Waals surface area contributed by atoms with E-state index in [1.54, 1.807) is 12.1 Å². The minimum Gasteiger partial charge on any atom is -0.478 e. The van der Waals surface area contributed by atoms with E-state index >= 15 is 0 Å². The molecule has 0 aromatic heterocycles. The number of fused-ring (bicyclic) bond motifs is 1. The minimum absolute atomic E-state index is 0.0493. The van der Waals surface area contributed by atoms with Gasteiger partial charge in [-0.25, -0.2) is 4.79 Å². The number of carbonyl (C=O) groups is 2. The Hall–Kier alpha value is -3.12. The number of carboxylic acid groups (broad SMARTS) is 1. The van der Waals surface area contributed by atoms with Crippen LogP contribution < -0.4 is 10.6 Å². The number of carbonyl (C=O) groups excluding carboxylic acids is 1. The van der Waals surface area contributed by atoms with E-state index in [4.69, 9.17) is 0 Å². The molecule has 0 unspecified atom stereocenters. The van der Waals surface area contributed by atoms with E-state index in [1.165, 1.54) is 30.9 Å². The van der Waals surface area contributed by atoms with Crippen molar-refractivity contribution in [2.75, 3.05) is 23.7 Å². The van der Waals surface area contributed by atoms with Crippen LogP contribution in [-0.2, 0) is 11.3 Å². The molecule has 0 spiro atoms. The molecule has 2 aromatic rings. The van der Waals surface area contributed by atoms with Gasteiger partial charge in [0.05, 0.1) is 11.1 Å². The predicted molar refractivity (Wildman–Crippen MR) is 123 cm³/mol. The zero-order chi connectivity index (χ0) is 22.0. The molecule has 31 heavy (non-hydrogen) atoms. The van der Waals surface area contributed by atoms with E-state index < -0.39 is 5.97 Å². The highest BCUT2D eigenvalue weighted by atomic mass is 16.4. The Morgan fingerprint density at radius 3 is 2.45 bits per heavy atom. The lowest BCUT2D eigenvalue weighted by molar-refractivity contribution is -0.110. The van der Waals surface area contributed by atoms with Crippen molar-refractivity contribution < 1.29 is 14.7 Å². The van der Waals surface area contributed by atoms with Crippen molar-refractivity contribution in [3.63, 3.8) is 0 Å². The summed E-state index contributed by atoms with van der Waals surface area (Å²) in [5.41, 5.74) is 4.91. The van der Waals surface area contributed by atoms with E-state index in [0.717, 1.165) is 31.0 Å². The maximum Gasteiger partial charge on any atom is 0.335 e. The van der Waals surface area contributed by atoms with E-state index in [-0.39, 0.29) is 17.4 Å². The lowest BCUT2D eigenvalue weighted by Gasteiger charge is -2.26. The van der Waals surface area contributed by atoms with Gasteiger partial charge in [0.2, 0.25) is 0 Å². The normalized spacial score (nSPS) is 18.0. The fourth-order valence-electron chi connectivity index (χ4n) is 4.29. The standard InChI is InChI=1S/C25H29N3O3/c1-16(2)23(22-20-14-18(25(30)31)8-11-21(20)27-24(22)29)26-19-9-6-17(7-10-19)15-28-12-4-3-5-13-28/h6-11,14,16,26H,3-5,12-13,15H2,1-2H3,(H,27,29)(H,30,31). The van der Waals surface area contributed by atoms with Crippen molar-refractivity contribution >= 4 is 28.8 Å². The maximum absolute atomic E-state index is 12.8. The van der Waals surface area contributed by atoms with E-state index in [0.29, 0.717) is 16.8 Å². The molecule has 2 aromatic carbocycles.